The zero-order valence-electron chi connectivity index (χ0n) is 20.1. The van der Waals surface area contributed by atoms with E-state index in [2.05, 4.69) is 42.8 Å². The lowest BCUT2D eigenvalue weighted by molar-refractivity contribution is 0.0396. The summed E-state index contributed by atoms with van der Waals surface area (Å²) in [5.74, 6) is 0.176. The highest BCUT2D eigenvalue weighted by atomic mass is 16.5. The van der Waals surface area contributed by atoms with Crippen LogP contribution in [0, 0.1) is 13.8 Å². The molecular formula is C27H36N2O4. The summed E-state index contributed by atoms with van der Waals surface area (Å²) < 4.78 is 11.8. The number of aromatic nitrogens is 1. The number of fused-ring (bicyclic) bond motifs is 1. The van der Waals surface area contributed by atoms with E-state index in [9.17, 15) is 4.79 Å². The number of aromatic amines is 1. The number of nitrogens with one attached hydrogen (secondary N) is 1. The molecule has 2 N–H and O–H groups in total. The fourth-order valence-corrected chi connectivity index (χ4v) is 4.50. The number of methoxy groups -OCH3 is 1. The zero-order valence-corrected chi connectivity index (χ0v) is 20.1. The fourth-order valence-electron chi connectivity index (χ4n) is 4.50. The van der Waals surface area contributed by atoms with Crippen LogP contribution in [-0.2, 0) is 4.74 Å². The Balaban J connectivity index is 0.000000286. The van der Waals surface area contributed by atoms with Crippen molar-refractivity contribution in [1.29, 1.82) is 0 Å². The SMILES string of the molecule is CCC(COC)N1CCC(Oc2c(C)cc(C)c3[nH]ccc23)CC1.O=C(O)c1ccccc1. The minimum atomic E-state index is -0.879. The lowest BCUT2D eigenvalue weighted by Crippen LogP contribution is -2.45. The minimum absolute atomic E-state index is 0.306. The molecule has 1 atom stereocenters. The van der Waals surface area contributed by atoms with Crippen LogP contribution in [0.15, 0.2) is 48.7 Å². The Bertz CT molecular complexity index is 1020. The van der Waals surface area contributed by atoms with Crippen LogP contribution in [-0.4, -0.2) is 59.9 Å². The Kier molecular flexibility index (Phi) is 8.92. The number of likely N-dealkylation sites (tertiary alicyclic amines) is 1. The molecule has 0 bridgehead atoms. The van der Waals surface area contributed by atoms with Gasteiger partial charge in [-0.3, -0.25) is 4.90 Å². The van der Waals surface area contributed by atoms with Crippen molar-refractivity contribution >= 4 is 16.9 Å². The second-order valence-corrected chi connectivity index (χ2v) is 8.65. The Hall–Kier alpha value is -2.83. The van der Waals surface area contributed by atoms with Crippen molar-refractivity contribution in [1.82, 2.24) is 9.88 Å². The second kappa shape index (κ2) is 11.9. The van der Waals surface area contributed by atoms with E-state index in [1.165, 1.54) is 22.0 Å². The van der Waals surface area contributed by atoms with Crippen LogP contribution >= 0.6 is 0 Å². The monoisotopic (exact) mass is 452 g/mol. The molecule has 6 nitrogen and oxygen atoms in total. The van der Waals surface area contributed by atoms with Gasteiger partial charge in [-0.15, -0.1) is 0 Å². The van der Waals surface area contributed by atoms with Crippen LogP contribution in [0.2, 0.25) is 0 Å². The molecule has 178 valence electrons. The number of aromatic carboxylic acids is 1. The van der Waals surface area contributed by atoms with E-state index < -0.39 is 5.97 Å². The van der Waals surface area contributed by atoms with Crippen molar-refractivity contribution in [3.05, 3.63) is 65.4 Å². The largest absolute Gasteiger partial charge is 0.489 e. The number of aryl methyl sites for hydroxylation is 2. The number of carboxylic acids is 1. The van der Waals surface area contributed by atoms with E-state index >= 15 is 0 Å². The Morgan fingerprint density at radius 1 is 1.15 bits per heavy atom. The first-order valence-corrected chi connectivity index (χ1v) is 11.7. The van der Waals surface area contributed by atoms with Gasteiger partial charge in [-0.25, -0.2) is 4.79 Å². The Morgan fingerprint density at radius 2 is 1.85 bits per heavy atom. The molecule has 4 rings (SSSR count). The Labute approximate surface area is 196 Å². The first-order valence-electron chi connectivity index (χ1n) is 11.7. The smallest absolute Gasteiger partial charge is 0.335 e. The van der Waals surface area contributed by atoms with Gasteiger partial charge in [0.25, 0.3) is 0 Å². The van der Waals surface area contributed by atoms with E-state index in [1.54, 1.807) is 37.4 Å². The van der Waals surface area contributed by atoms with Crippen LogP contribution in [0.5, 0.6) is 5.75 Å². The highest BCUT2D eigenvalue weighted by Gasteiger charge is 2.26. The van der Waals surface area contributed by atoms with Gasteiger partial charge in [-0.2, -0.15) is 0 Å². The summed E-state index contributed by atoms with van der Waals surface area (Å²) in [6, 6.07) is 13.2. The molecule has 2 heterocycles. The second-order valence-electron chi connectivity index (χ2n) is 8.65. The van der Waals surface area contributed by atoms with E-state index in [0.717, 1.165) is 44.7 Å². The van der Waals surface area contributed by atoms with Gasteiger partial charge < -0.3 is 19.6 Å². The molecule has 1 aromatic heterocycles. The molecule has 1 unspecified atom stereocenters. The molecule has 1 aliphatic heterocycles. The third-order valence-electron chi connectivity index (χ3n) is 6.31. The van der Waals surface area contributed by atoms with E-state index in [0.29, 0.717) is 17.7 Å². The maximum Gasteiger partial charge on any atom is 0.335 e. The van der Waals surface area contributed by atoms with E-state index in [1.807, 2.05) is 6.20 Å². The molecule has 6 heteroatoms. The number of hydrogen-bond donors (Lipinski definition) is 2. The van der Waals surface area contributed by atoms with Crippen LogP contribution in [0.1, 0.15) is 47.7 Å². The number of ether oxygens (including phenoxy) is 2. The van der Waals surface area contributed by atoms with Gasteiger partial charge in [0.05, 0.1) is 17.7 Å². The third kappa shape index (κ3) is 6.36. The maximum atomic E-state index is 10.2. The van der Waals surface area contributed by atoms with Crippen LogP contribution in [0.3, 0.4) is 0 Å². The van der Waals surface area contributed by atoms with Crippen molar-refractivity contribution in [2.24, 2.45) is 0 Å². The van der Waals surface area contributed by atoms with Gasteiger partial charge in [-0.05, 0) is 62.4 Å². The fraction of sp³-hybridized carbons (Fsp3) is 0.444. The van der Waals surface area contributed by atoms with Crippen LogP contribution < -0.4 is 4.74 Å². The summed E-state index contributed by atoms with van der Waals surface area (Å²) >= 11 is 0. The molecule has 0 saturated carbocycles. The highest BCUT2D eigenvalue weighted by molar-refractivity contribution is 5.89. The molecule has 2 aromatic carbocycles. The molecule has 0 aliphatic carbocycles. The van der Waals surface area contributed by atoms with Crippen LogP contribution in [0.4, 0.5) is 0 Å². The molecule has 0 radical (unpaired) electrons. The topological polar surface area (TPSA) is 74.8 Å². The standard InChI is InChI=1S/C20H30N2O2.C7H6O2/c1-5-16(13-23-4)22-10-7-17(8-11-22)24-20-15(3)12-14(2)19-18(20)6-9-21-19;8-7(9)6-4-2-1-3-5-6/h6,9,12,16-17,21H,5,7-8,10-11,13H2,1-4H3;1-5H,(H,8,9). The number of benzene rings is 2. The summed E-state index contributed by atoms with van der Waals surface area (Å²) in [5.41, 5.74) is 4.03. The van der Waals surface area contributed by atoms with Crippen molar-refractivity contribution in [3.8, 4) is 5.75 Å². The Morgan fingerprint density at radius 3 is 2.42 bits per heavy atom. The third-order valence-corrected chi connectivity index (χ3v) is 6.31. The van der Waals surface area contributed by atoms with E-state index in [4.69, 9.17) is 14.6 Å². The molecule has 1 aliphatic rings. The van der Waals surface area contributed by atoms with E-state index in [-0.39, 0.29) is 0 Å². The molecule has 33 heavy (non-hydrogen) atoms. The molecule has 3 aromatic rings. The summed E-state index contributed by atoms with van der Waals surface area (Å²) in [7, 11) is 1.79. The van der Waals surface area contributed by atoms with Crippen molar-refractivity contribution in [3.63, 3.8) is 0 Å². The van der Waals surface area contributed by atoms with Crippen molar-refractivity contribution in [2.45, 2.75) is 52.2 Å². The number of carbonyl (C=O) groups is 1. The number of hydrogen-bond acceptors (Lipinski definition) is 4. The first kappa shape index (κ1) is 24.8. The summed E-state index contributed by atoms with van der Waals surface area (Å²) in [4.78, 5) is 16.1. The number of piperidine rings is 1. The minimum Gasteiger partial charge on any atom is -0.489 e. The molecule has 1 saturated heterocycles. The molecular weight excluding hydrogens is 416 g/mol. The van der Waals surface area contributed by atoms with Gasteiger partial charge in [0.2, 0.25) is 0 Å². The maximum absolute atomic E-state index is 10.2. The normalized spacial score (nSPS) is 15.6. The summed E-state index contributed by atoms with van der Waals surface area (Å²) in [5, 5.41) is 9.59. The molecule has 1 fully saturated rings. The summed E-state index contributed by atoms with van der Waals surface area (Å²) in [6.45, 7) is 9.54. The number of rotatable bonds is 7. The van der Waals surface area contributed by atoms with Crippen molar-refractivity contribution in [2.75, 3.05) is 26.8 Å². The predicted molar refractivity (Wildman–Crippen MR) is 132 cm³/mol. The lowest BCUT2D eigenvalue weighted by atomic mass is 10.0. The zero-order chi connectivity index (χ0) is 23.8. The predicted octanol–water partition coefficient (Wildman–Crippen LogP) is 5.44. The number of nitrogens with zero attached hydrogens (tertiary/aromatic N) is 1. The number of H-pyrrole nitrogens is 1. The van der Waals surface area contributed by atoms with Gasteiger partial charge >= 0.3 is 5.97 Å². The first-order chi connectivity index (χ1) is 15.9. The van der Waals surface area contributed by atoms with Gasteiger partial charge in [0.15, 0.2) is 0 Å². The van der Waals surface area contributed by atoms with Gasteiger partial charge in [0, 0.05) is 37.8 Å². The van der Waals surface area contributed by atoms with Crippen LogP contribution in [0.25, 0.3) is 10.9 Å². The van der Waals surface area contributed by atoms with Gasteiger partial charge in [-0.1, -0.05) is 31.2 Å². The van der Waals surface area contributed by atoms with Gasteiger partial charge in [0.1, 0.15) is 11.9 Å². The molecule has 0 amide bonds. The summed E-state index contributed by atoms with van der Waals surface area (Å²) in [6.07, 6.45) is 5.61. The lowest BCUT2D eigenvalue weighted by Gasteiger charge is -2.37. The highest BCUT2D eigenvalue weighted by Crippen LogP contribution is 2.33. The quantitative estimate of drug-likeness (QED) is 0.499. The average Bonchev–Trinajstić information content (AvgIpc) is 3.32. The molecule has 0 spiro atoms. The van der Waals surface area contributed by atoms with Crippen molar-refractivity contribution < 1.29 is 19.4 Å². The average molecular weight is 453 g/mol. The number of carboxylic acid groups (broad SMARTS) is 1.